The Morgan fingerprint density at radius 3 is 2.40 bits per heavy atom. The van der Waals surface area contributed by atoms with Gasteiger partial charge in [0, 0.05) is 5.69 Å². The number of alkyl halides is 3. The van der Waals surface area contributed by atoms with Crippen molar-refractivity contribution in [2.24, 2.45) is 5.73 Å². The van der Waals surface area contributed by atoms with Crippen LogP contribution in [0.1, 0.15) is 17.2 Å². The van der Waals surface area contributed by atoms with Crippen molar-refractivity contribution in [3.63, 3.8) is 0 Å². The normalized spacial score (nSPS) is 13.9. The Morgan fingerprint density at radius 1 is 1.33 bits per heavy atom. The number of anilines is 1. The van der Waals surface area contributed by atoms with Crippen LogP contribution in [0, 0.1) is 0 Å². The van der Waals surface area contributed by atoms with E-state index < -0.39 is 30.1 Å². The molecule has 0 amide bonds. The Bertz CT molecular complexity index is 352. The smallest absolute Gasteiger partial charge is 0.398 e. The minimum Gasteiger partial charge on any atom is -0.398 e. The summed E-state index contributed by atoms with van der Waals surface area (Å²) in [6.07, 6.45) is -4.50. The summed E-state index contributed by atoms with van der Waals surface area (Å²) in [6, 6.07) is 2.56. The molecule has 0 fully saturated rings. The number of nitrogen functional groups attached to an aromatic ring is 1. The topological polar surface area (TPSA) is 72.3 Å². The largest absolute Gasteiger partial charge is 0.418 e. The van der Waals surface area contributed by atoms with E-state index in [2.05, 4.69) is 0 Å². The van der Waals surface area contributed by atoms with Gasteiger partial charge in [-0.15, -0.1) is 0 Å². The molecule has 15 heavy (non-hydrogen) atoms. The Labute approximate surface area is 84.5 Å². The van der Waals surface area contributed by atoms with E-state index in [0.29, 0.717) is 0 Å². The highest BCUT2D eigenvalue weighted by Crippen LogP contribution is 2.36. The van der Waals surface area contributed by atoms with Crippen LogP contribution in [0.5, 0.6) is 0 Å². The van der Waals surface area contributed by atoms with Crippen molar-refractivity contribution in [3.05, 3.63) is 29.3 Å². The predicted octanol–water partition coefficient (Wildman–Crippen LogP) is 1.28. The summed E-state index contributed by atoms with van der Waals surface area (Å²) < 4.78 is 37.2. The first-order chi connectivity index (χ1) is 6.88. The minimum atomic E-state index is -4.50. The van der Waals surface area contributed by atoms with Gasteiger partial charge in [0.05, 0.1) is 18.2 Å². The van der Waals surface area contributed by atoms with Crippen LogP contribution in [0.15, 0.2) is 18.2 Å². The zero-order valence-corrected chi connectivity index (χ0v) is 7.75. The van der Waals surface area contributed by atoms with Crippen LogP contribution < -0.4 is 11.5 Å². The lowest BCUT2D eigenvalue weighted by molar-refractivity contribution is -0.136. The lowest BCUT2D eigenvalue weighted by Gasteiger charge is -2.16. The summed E-state index contributed by atoms with van der Waals surface area (Å²) in [5.41, 5.74) is 9.50. The van der Waals surface area contributed by atoms with Gasteiger partial charge in [-0.3, -0.25) is 0 Å². The highest BCUT2D eigenvalue weighted by molar-refractivity contribution is 5.56. The number of hydrogen-bond acceptors (Lipinski definition) is 3. The number of aliphatic hydroxyl groups excluding tert-OH is 1. The first kappa shape index (κ1) is 11.8. The van der Waals surface area contributed by atoms with Gasteiger partial charge < -0.3 is 16.6 Å². The van der Waals surface area contributed by atoms with E-state index in [0.717, 1.165) is 6.07 Å². The van der Waals surface area contributed by atoms with Crippen LogP contribution in [-0.2, 0) is 6.18 Å². The highest BCUT2D eigenvalue weighted by atomic mass is 19.4. The van der Waals surface area contributed by atoms with Crippen molar-refractivity contribution in [2.45, 2.75) is 12.2 Å². The number of halogens is 3. The van der Waals surface area contributed by atoms with Crippen molar-refractivity contribution >= 4 is 5.69 Å². The molecule has 0 saturated heterocycles. The second kappa shape index (κ2) is 4.08. The van der Waals surface area contributed by atoms with E-state index in [1.165, 1.54) is 12.1 Å². The van der Waals surface area contributed by atoms with Crippen LogP contribution in [-0.4, -0.2) is 11.7 Å². The van der Waals surface area contributed by atoms with Crippen LogP contribution >= 0.6 is 0 Å². The third kappa shape index (κ3) is 2.40. The molecule has 1 atom stereocenters. The molecule has 0 unspecified atom stereocenters. The SMILES string of the molecule is Nc1c([C@H](N)CO)cccc1C(F)(F)F. The lowest BCUT2D eigenvalue weighted by atomic mass is 10.0. The molecule has 0 aliphatic heterocycles. The highest BCUT2D eigenvalue weighted by Gasteiger charge is 2.33. The van der Waals surface area contributed by atoms with Crippen molar-refractivity contribution in [1.82, 2.24) is 0 Å². The van der Waals surface area contributed by atoms with E-state index in [1.807, 2.05) is 0 Å². The zero-order valence-electron chi connectivity index (χ0n) is 7.75. The molecule has 1 aromatic carbocycles. The third-order valence-electron chi connectivity index (χ3n) is 2.04. The standard InChI is InChI=1S/C9H11F3N2O/c10-9(11,12)6-3-1-2-5(8(6)14)7(13)4-15/h1-3,7,15H,4,13-14H2/t7-/m1/s1. The number of hydrogen-bond donors (Lipinski definition) is 3. The minimum absolute atomic E-state index is 0.104. The van der Waals surface area contributed by atoms with Gasteiger partial charge in [0.25, 0.3) is 0 Å². The Balaban J connectivity index is 3.23. The van der Waals surface area contributed by atoms with Crippen LogP contribution in [0.4, 0.5) is 18.9 Å². The Kier molecular flexibility index (Phi) is 3.21. The monoisotopic (exact) mass is 220 g/mol. The van der Waals surface area contributed by atoms with Gasteiger partial charge in [-0.25, -0.2) is 0 Å². The molecular formula is C9H11F3N2O. The van der Waals surface area contributed by atoms with Crippen LogP contribution in [0.25, 0.3) is 0 Å². The van der Waals surface area contributed by atoms with Gasteiger partial charge in [-0.2, -0.15) is 13.2 Å². The van der Waals surface area contributed by atoms with Gasteiger partial charge in [-0.1, -0.05) is 12.1 Å². The summed E-state index contributed by atoms with van der Waals surface area (Å²) in [6.45, 7) is -0.453. The van der Waals surface area contributed by atoms with Gasteiger partial charge in [0.1, 0.15) is 0 Å². The molecule has 6 heteroatoms. The van der Waals surface area contributed by atoms with E-state index in [-0.39, 0.29) is 5.56 Å². The van der Waals surface area contributed by atoms with E-state index in [4.69, 9.17) is 16.6 Å². The molecule has 0 heterocycles. The second-order valence-corrected chi connectivity index (χ2v) is 3.10. The number of para-hydroxylation sites is 1. The van der Waals surface area contributed by atoms with Gasteiger partial charge in [0.2, 0.25) is 0 Å². The first-order valence-electron chi connectivity index (χ1n) is 4.20. The average molecular weight is 220 g/mol. The van der Waals surface area contributed by atoms with E-state index >= 15 is 0 Å². The number of rotatable bonds is 2. The summed E-state index contributed by atoms with van der Waals surface area (Å²) in [4.78, 5) is 0. The summed E-state index contributed by atoms with van der Waals surface area (Å²) >= 11 is 0. The quantitative estimate of drug-likeness (QED) is 0.657. The molecular weight excluding hydrogens is 209 g/mol. The van der Waals surface area contributed by atoms with Crippen molar-refractivity contribution in [1.29, 1.82) is 0 Å². The average Bonchev–Trinajstić information content (AvgIpc) is 2.15. The first-order valence-corrected chi connectivity index (χ1v) is 4.20. The number of aliphatic hydroxyl groups is 1. The number of nitrogens with two attached hydrogens (primary N) is 2. The fraction of sp³-hybridized carbons (Fsp3) is 0.333. The van der Waals surface area contributed by atoms with Crippen molar-refractivity contribution in [3.8, 4) is 0 Å². The molecule has 0 aliphatic rings. The fourth-order valence-corrected chi connectivity index (χ4v) is 1.25. The molecule has 5 N–H and O–H groups in total. The molecule has 84 valence electrons. The van der Waals surface area contributed by atoms with Crippen LogP contribution in [0.2, 0.25) is 0 Å². The summed E-state index contributed by atoms with van der Waals surface area (Å²) in [5, 5.41) is 8.74. The molecule has 0 radical (unpaired) electrons. The van der Waals surface area contributed by atoms with Crippen LogP contribution in [0.3, 0.4) is 0 Å². The molecule has 1 aromatic rings. The summed E-state index contributed by atoms with van der Waals surface area (Å²) in [5.74, 6) is 0. The Hall–Kier alpha value is -1.27. The molecule has 0 aromatic heterocycles. The second-order valence-electron chi connectivity index (χ2n) is 3.10. The van der Waals surface area contributed by atoms with E-state index in [9.17, 15) is 13.2 Å². The maximum atomic E-state index is 12.4. The Morgan fingerprint density at radius 2 is 1.93 bits per heavy atom. The van der Waals surface area contributed by atoms with Gasteiger partial charge >= 0.3 is 6.18 Å². The maximum absolute atomic E-state index is 12.4. The van der Waals surface area contributed by atoms with Gasteiger partial charge in [0.15, 0.2) is 0 Å². The van der Waals surface area contributed by atoms with E-state index in [1.54, 1.807) is 0 Å². The van der Waals surface area contributed by atoms with Crippen molar-refractivity contribution in [2.75, 3.05) is 12.3 Å². The molecule has 0 saturated carbocycles. The molecule has 0 bridgehead atoms. The number of benzene rings is 1. The maximum Gasteiger partial charge on any atom is 0.418 e. The molecule has 3 nitrogen and oxygen atoms in total. The molecule has 0 spiro atoms. The lowest BCUT2D eigenvalue weighted by Crippen LogP contribution is -2.19. The third-order valence-corrected chi connectivity index (χ3v) is 2.04. The summed E-state index contributed by atoms with van der Waals surface area (Å²) in [7, 11) is 0. The molecule has 0 aliphatic carbocycles. The predicted molar refractivity (Wildman–Crippen MR) is 49.9 cm³/mol. The zero-order chi connectivity index (χ0) is 11.6. The fourth-order valence-electron chi connectivity index (χ4n) is 1.25. The van der Waals surface area contributed by atoms with Gasteiger partial charge in [-0.05, 0) is 11.6 Å². The van der Waals surface area contributed by atoms with Crippen molar-refractivity contribution < 1.29 is 18.3 Å². The molecule has 1 rings (SSSR count).